The van der Waals surface area contributed by atoms with Gasteiger partial charge in [0.05, 0.1) is 0 Å². The maximum absolute atomic E-state index is 12.8. The normalized spacial score (nSPS) is 15.6. The van der Waals surface area contributed by atoms with E-state index in [1.807, 2.05) is 0 Å². The Bertz CT molecular complexity index is 512. The van der Waals surface area contributed by atoms with Crippen molar-refractivity contribution >= 4 is 5.97 Å². The molecule has 1 unspecified atom stereocenters. The highest BCUT2D eigenvalue weighted by Crippen LogP contribution is 2.42. The molecule has 10 heteroatoms. The molecule has 3 N–H and O–H groups in total. The lowest BCUT2D eigenvalue weighted by molar-refractivity contribution is -0.276. The van der Waals surface area contributed by atoms with Gasteiger partial charge in [-0.25, -0.2) is 4.79 Å². The lowest BCUT2D eigenvalue weighted by Gasteiger charge is -2.29. The molecule has 0 heterocycles. The molecule has 0 aliphatic heterocycles. The van der Waals surface area contributed by atoms with Crippen LogP contribution in [0.3, 0.4) is 0 Å². The van der Waals surface area contributed by atoms with E-state index in [2.05, 4.69) is 4.74 Å². The fraction of sp³-hybridized carbons (Fsp3) is 0.300. The van der Waals surface area contributed by atoms with Crippen molar-refractivity contribution in [2.45, 2.75) is 18.1 Å². The van der Waals surface area contributed by atoms with Gasteiger partial charge in [0, 0.05) is 5.56 Å². The van der Waals surface area contributed by atoms with Crippen molar-refractivity contribution in [2.24, 2.45) is 5.73 Å². The lowest BCUT2D eigenvalue weighted by atomic mass is 9.89. The highest BCUT2D eigenvalue weighted by Gasteiger charge is 2.61. The van der Waals surface area contributed by atoms with Gasteiger partial charge in [-0.3, -0.25) is 0 Å². The zero-order valence-electron chi connectivity index (χ0n) is 9.42. The smallest absolute Gasteiger partial charge is 0.479 e. The minimum absolute atomic E-state index is 0.503. The largest absolute Gasteiger partial charge is 0.573 e. The zero-order chi connectivity index (χ0) is 15.8. The Balaban J connectivity index is 3.48. The van der Waals surface area contributed by atoms with Gasteiger partial charge >= 0.3 is 18.5 Å². The predicted molar refractivity (Wildman–Crippen MR) is 52.7 cm³/mol. The predicted octanol–water partition coefficient (Wildman–Crippen LogP) is 2.39. The van der Waals surface area contributed by atoms with Gasteiger partial charge < -0.3 is 15.6 Å². The van der Waals surface area contributed by atoms with Gasteiger partial charge in [0.25, 0.3) is 0 Å². The second-order valence-corrected chi connectivity index (χ2v) is 3.65. The van der Waals surface area contributed by atoms with E-state index in [9.17, 15) is 31.1 Å². The molecule has 0 aliphatic rings. The van der Waals surface area contributed by atoms with Crippen LogP contribution in [0.2, 0.25) is 0 Å². The molecule has 0 saturated carbocycles. The van der Waals surface area contributed by atoms with Crippen LogP contribution in [0.5, 0.6) is 5.75 Å². The molecule has 4 nitrogen and oxygen atoms in total. The fourth-order valence-corrected chi connectivity index (χ4v) is 1.40. The van der Waals surface area contributed by atoms with Gasteiger partial charge in [0.15, 0.2) is 0 Å². The summed E-state index contributed by atoms with van der Waals surface area (Å²) in [7, 11) is 0. The van der Waals surface area contributed by atoms with Crippen LogP contribution in [0.25, 0.3) is 0 Å². The molecule has 0 spiro atoms. The van der Waals surface area contributed by atoms with Crippen LogP contribution in [0.1, 0.15) is 5.56 Å². The van der Waals surface area contributed by atoms with Crippen molar-refractivity contribution < 1.29 is 41.0 Å². The number of carbonyl (C=O) groups is 1. The molecule has 0 bridgehead atoms. The summed E-state index contributed by atoms with van der Waals surface area (Å²) in [6.45, 7) is 0. The molecule has 1 aromatic carbocycles. The lowest BCUT2D eigenvalue weighted by Crippen LogP contribution is -2.56. The number of carboxylic acid groups (broad SMARTS) is 1. The van der Waals surface area contributed by atoms with Gasteiger partial charge in [0.1, 0.15) is 5.75 Å². The molecular weight excluding hydrogens is 296 g/mol. The van der Waals surface area contributed by atoms with Crippen molar-refractivity contribution in [3.05, 3.63) is 29.8 Å². The van der Waals surface area contributed by atoms with Crippen molar-refractivity contribution in [1.29, 1.82) is 0 Å². The minimum atomic E-state index is -5.52. The first-order chi connectivity index (χ1) is 8.89. The maximum atomic E-state index is 12.8. The van der Waals surface area contributed by atoms with Crippen LogP contribution in [0.4, 0.5) is 26.3 Å². The third kappa shape index (κ3) is 2.95. The number of benzene rings is 1. The quantitative estimate of drug-likeness (QED) is 0.841. The first-order valence-electron chi connectivity index (χ1n) is 4.84. The van der Waals surface area contributed by atoms with E-state index in [1.165, 1.54) is 0 Å². The Kier molecular flexibility index (Phi) is 3.90. The highest BCUT2D eigenvalue weighted by atomic mass is 19.4. The summed E-state index contributed by atoms with van der Waals surface area (Å²) in [6.07, 6.45) is -10.8. The zero-order valence-corrected chi connectivity index (χ0v) is 9.42. The van der Waals surface area contributed by atoms with E-state index in [0.29, 0.717) is 12.1 Å². The number of alkyl halides is 6. The van der Waals surface area contributed by atoms with E-state index < -0.39 is 35.4 Å². The summed E-state index contributed by atoms with van der Waals surface area (Å²) in [5, 5.41) is 8.66. The Morgan fingerprint density at radius 2 is 1.60 bits per heavy atom. The molecule has 1 rings (SSSR count). The standard InChI is InChI=1S/C10H7F6NO3/c11-9(12,13)8(17,7(18)19)5-3-1-2-4-6(5)20-10(14,15)16/h1-4H,17H2,(H,18,19). The monoisotopic (exact) mass is 303 g/mol. The number of hydrogen-bond acceptors (Lipinski definition) is 3. The SMILES string of the molecule is NC(C(=O)O)(c1ccccc1OC(F)(F)F)C(F)(F)F. The summed E-state index contributed by atoms with van der Waals surface area (Å²) in [5.41, 5.74) is -0.582. The van der Waals surface area contributed by atoms with Crippen molar-refractivity contribution in [3.63, 3.8) is 0 Å². The van der Waals surface area contributed by atoms with Crippen LogP contribution >= 0.6 is 0 Å². The van der Waals surface area contributed by atoms with E-state index in [1.54, 1.807) is 0 Å². The van der Waals surface area contributed by atoms with E-state index in [0.717, 1.165) is 12.1 Å². The first kappa shape index (κ1) is 16.1. The summed E-state index contributed by atoms with van der Waals surface area (Å²) in [6, 6.07) is 2.90. The third-order valence-electron chi connectivity index (χ3n) is 2.32. The van der Waals surface area contributed by atoms with Gasteiger partial charge in [-0.2, -0.15) is 13.2 Å². The highest BCUT2D eigenvalue weighted by molar-refractivity contribution is 5.82. The second-order valence-electron chi connectivity index (χ2n) is 3.65. The average molecular weight is 303 g/mol. The average Bonchev–Trinajstić information content (AvgIpc) is 2.24. The molecule has 0 fully saturated rings. The number of hydrogen-bond donors (Lipinski definition) is 2. The van der Waals surface area contributed by atoms with Gasteiger partial charge in [-0.05, 0) is 6.07 Å². The molecule has 112 valence electrons. The Morgan fingerprint density at radius 1 is 1.10 bits per heavy atom. The number of halogens is 6. The molecular formula is C10H7F6NO3. The summed E-state index contributed by atoms with van der Waals surface area (Å²) in [5.74, 6) is -3.88. The molecule has 20 heavy (non-hydrogen) atoms. The van der Waals surface area contributed by atoms with Crippen LogP contribution < -0.4 is 10.5 Å². The summed E-state index contributed by atoms with van der Waals surface area (Å²) >= 11 is 0. The van der Waals surface area contributed by atoms with Crippen molar-refractivity contribution in [1.82, 2.24) is 0 Å². The number of nitrogens with two attached hydrogens (primary N) is 1. The number of para-hydroxylation sites is 1. The molecule has 1 atom stereocenters. The molecule has 1 aromatic rings. The topological polar surface area (TPSA) is 72.6 Å². The second kappa shape index (κ2) is 4.85. The van der Waals surface area contributed by atoms with E-state index in [4.69, 9.17) is 10.8 Å². The van der Waals surface area contributed by atoms with Gasteiger partial charge in [0.2, 0.25) is 5.54 Å². The van der Waals surface area contributed by atoms with E-state index in [-0.39, 0.29) is 0 Å². The van der Waals surface area contributed by atoms with E-state index >= 15 is 0 Å². The van der Waals surface area contributed by atoms with Crippen LogP contribution in [0, 0.1) is 0 Å². The molecule has 0 amide bonds. The molecule has 0 aliphatic carbocycles. The van der Waals surface area contributed by atoms with Crippen LogP contribution in [-0.4, -0.2) is 23.6 Å². The molecule has 0 radical (unpaired) electrons. The number of rotatable bonds is 3. The maximum Gasteiger partial charge on any atom is 0.573 e. The summed E-state index contributed by atoms with van der Waals surface area (Å²) in [4.78, 5) is 10.8. The van der Waals surface area contributed by atoms with Gasteiger partial charge in [-0.15, -0.1) is 13.2 Å². The summed E-state index contributed by atoms with van der Waals surface area (Å²) < 4.78 is 78.2. The number of ether oxygens (including phenoxy) is 1. The Labute approximate surface area is 107 Å². The Morgan fingerprint density at radius 3 is 2.00 bits per heavy atom. The van der Waals surface area contributed by atoms with Crippen molar-refractivity contribution in [3.8, 4) is 5.75 Å². The number of carboxylic acids is 1. The van der Waals surface area contributed by atoms with Gasteiger partial charge in [-0.1, -0.05) is 18.2 Å². The third-order valence-corrected chi connectivity index (χ3v) is 2.32. The minimum Gasteiger partial charge on any atom is -0.479 e. The molecule has 0 saturated heterocycles. The van der Waals surface area contributed by atoms with Crippen molar-refractivity contribution in [2.75, 3.05) is 0 Å². The fourth-order valence-electron chi connectivity index (χ4n) is 1.40. The number of aliphatic carboxylic acids is 1. The van der Waals surface area contributed by atoms with Crippen LogP contribution in [0.15, 0.2) is 24.3 Å². The Hall–Kier alpha value is -1.97. The molecule has 0 aromatic heterocycles. The first-order valence-corrected chi connectivity index (χ1v) is 4.84. The van der Waals surface area contributed by atoms with Crippen LogP contribution in [-0.2, 0) is 10.3 Å².